The molecule has 0 aromatic carbocycles. The van der Waals surface area contributed by atoms with Gasteiger partial charge in [-0.15, -0.1) is 0 Å². The van der Waals surface area contributed by atoms with Crippen LogP contribution in [0.3, 0.4) is 0 Å². The smallest absolute Gasteiger partial charge is 0.226 e. The van der Waals surface area contributed by atoms with Gasteiger partial charge in [-0.05, 0) is 11.8 Å². The maximum atomic E-state index is 5.55. The summed E-state index contributed by atoms with van der Waals surface area (Å²) in [6.45, 7) is 8.11. The number of nitrogens with one attached hydrogen (secondary N) is 1. The lowest BCUT2D eigenvalue weighted by atomic mass is 9.82. The molecule has 3 heteroatoms. The molecule has 2 aliphatic rings. The van der Waals surface area contributed by atoms with E-state index in [1.165, 1.54) is 0 Å². The van der Waals surface area contributed by atoms with Gasteiger partial charge in [0.1, 0.15) is 13.2 Å². The number of hydrogen-bond acceptors (Lipinski definition) is 3. The lowest BCUT2D eigenvalue weighted by molar-refractivity contribution is 0.0247. The monoisotopic (exact) mass is 197 g/mol. The van der Waals surface area contributed by atoms with Gasteiger partial charge in [0.15, 0.2) is 5.76 Å². The first kappa shape index (κ1) is 9.69. The number of rotatable bonds is 0. The van der Waals surface area contributed by atoms with Crippen LogP contribution in [-0.4, -0.2) is 19.3 Å². The summed E-state index contributed by atoms with van der Waals surface area (Å²) in [4.78, 5) is 0. The lowest BCUT2D eigenvalue weighted by Crippen LogP contribution is -2.44. The molecule has 1 unspecified atom stereocenters. The molecular weight excluding hydrogens is 178 g/mol. The molecule has 0 aromatic heterocycles. The predicted molar refractivity (Wildman–Crippen MR) is 54.5 cm³/mol. The first-order chi connectivity index (χ1) is 6.57. The van der Waals surface area contributed by atoms with E-state index in [4.69, 9.17) is 9.47 Å². The predicted octanol–water partition coefficient (Wildman–Crippen LogP) is 2.00. The first-order valence-corrected chi connectivity index (χ1v) is 5.32. The average molecular weight is 197 g/mol. The van der Waals surface area contributed by atoms with Crippen molar-refractivity contribution in [3.8, 4) is 0 Å². The van der Waals surface area contributed by atoms with E-state index < -0.39 is 0 Å². The molecule has 0 spiro atoms. The topological polar surface area (TPSA) is 30.5 Å². The van der Waals surface area contributed by atoms with Crippen molar-refractivity contribution in [2.75, 3.05) is 13.2 Å². The van der Waals surface area contributed by atoms with Gasteiger partial charge < -0.3 is 14.8 Å². The van der Waals surface area contributed by atoms with Crippen LogP contribution in [0.25, 0.3) is 0 Å². The Balaban J connectivity index is 2.08. The largest absolute Gasteiger partial charge is 0.489 e. The molecule has 2 aliphatic heterocycles. The second kappa shape index (κ2) is 3.37. The van der Waals surface area contributed by atoms with Crippen molar-refractivity contribution >= 4 is 0 Å². The number of ether oxygens (including phenoxy) is 2. The van der Waals surface area contributed by atoms with Crippen LogP contribution >= 0.6 is 0 Å². The summed E-state index contributed by atoms with van der Waals surface area (Å²) in [6.07, 6.45) is 2.13. The van der Waals surface area contributed by atoms with Gasteiger partial charge in [0.25, 0.3) is 0 Å². The van der Waals surface area contributed by atoms with E-state index in [1.807, 2.05) is 0 Å². The summed E-state index contributed by atoms with van der Waals surface area (Å²) in [5.41, 5.74) is 0.277. The van der Waals surface area contributed by atoms with E-state index >= 15 is 0 Å². The van der Waals surface area contributed by atoms with Crippen molar-refractivity contribution in [2.24, 2.45) is 5.41 Å². The molecule has 2 rings (SSSR count). The van der Waals surface area contributed by atoms with Gasteiger partial charge in [-0.2, -0.15) is 0 Å². The Bertz CT molecular complexity index is 253. The number of allylic oxidation sites excluding steroid dienone is 1. The summed E-state index contributed by atoms with van der Waals surface area (Å²) in [7, 11) is 0. The van der Waals surface area contributed by atoms with Crippen molar-refractivity contribution in [3.63, 3.8) is 0 Å². The van der Waals surface area contributed by atoms with Gasteiger partial charge in [0.2, 0.25) is 5.88 Å². The highest BCUT2D eigenvalue weighted by molar-refractivity contribution is 5.09. The Morgan fingerprint density at radius 2 is 1.93 bits per heavy atom. The summed E-state index contributed by atoms with van der Waals surface area (Å²) in [5, 5.41) is 3.43. The van der Waals surface area contributed by atoms with Crippen molar-refractivity contribution in [3.05, 3.63) is 11.6 Å². The van der Waals surface area contributed by atoms with E-state index in [2.05, 4.69) is 26.1 Å². The zero-order valence-corrected chi connectivity index (χ0v) is 9.22. The lowest BCUT2D eigenvalue weighted by Gasteiger charge is -2.38. The van der Waals surface area contributed by atoms with Crippen LogP contribution in [0.5, 0.6) is 0 Å². The average Bonchev–Trinajstić information content (AvgIpc) is 2.16. The van der Waals surface area contributed by atoms with Crippen LogP contribution in [0, 0.1) is 5.41 Å². The molecule has 0 amide bonds. The highest BCUT2D eigenvalue weighted by Gasteiger charge is 2.32. The zero-order chi connectivity index (χ0) is 10.2. The highest BCUT2D eigenvalue weighted by Crippen LogP contribution is 2.31. The molecule has 0 fully saturated rings. The third kappa shape index (κ3) is 1.81. The summed E-state index contributed by atoms with van der Waals surface area (Å²) >= 11 is 0. The molecule has 0 saturated carbocycles. The molecule has 80 valence electrons. The van der Waals surface area contributed by atoms with Crippen molar-refractivity contribution in [1.29, 1.82) is 0 Å². The van der Waals surface area contributed by atoms with Gasteiger partial charge in [-0.1, -0.05) is 20.8 Å². The second-order valence-corrected chi connectivity index (χ2v) is 5.05. The highest BCUT2D eigenvalue weighted by atomic mass is 16.6. The van der Waals surface area contributed by atoms with Crippen LogP contribution in [0.2, 0.25) is 0 Å². The Morgan fingerprint density at radius 3 is 2.64 bits per heavy atom. The van der Waals surface area contributed by atoms with Crippen molar-refractivity contribution < 1.29 is 9.47 Å². The first-order valence-electron chi connectivity index (χ1n) is 5.32. The molecule has 3 nitrogen and oxygen atoms in total. The summed E-state index contributed by atoms with van der Waals surface area (Å²) < 4.78 is 11.1. The van der Waals surface area contributed by atoms with Crippen LogP contribution < -0.4 is 5.32 Å². The Kier molecular flexibility index (Phi) is 2.33. The van der Waals surface area contributed by atoms with E-state index in [0.29, 0.717) is 19.3 Å². The van der Waals surface area contributed by atoms with Crippen LogP contribution in [0.15, 0.2) is 11.6 Å². The maximum Gasteiger partial charge on any atom is 0.226 e. The standard InChI is InChI=1S/C11H19NO2/c1-11(2,3)9-5-4-8-10(12-9)14-7-6-13-8/h9,12H,4-7H2,1-3H3. The minimum Gasteiger partial charge on any atom is -0.489 e. The Morgan fingerprint density at radius 1 is 1.21 bits per heavy atom. The Hall–Kier alpha value is -0.860. The van der Waals surface area contributed by atoms with Gasteiger partial charge in [0, 0.05) is 12.5 Å². The Labute approximate surface area is 85.5 Å². The van der Waals surface area contributed by atoms with E-state index in [-0.39, 0.29) is 5.41 Å². The fourth-order valence-electron chi connectivity index (χ4n) is 1.92. The fraction of sp³-hybridized carbons (Fsp3) is 0.818. The SMILES string of the molecule is CC(C)(C)C1CCC2=C(N1)OCCO2. The van der Waals surface area contributed by atoms with E-state index in [0.717, 1.165) is 24.5 Å². The van der Waals surface area contributed by atoms with Gasteiger partial charge >= 0.3 is 0 Å². The molecule has 0 aromatic rings. The van der Waals surface area contributed by atoms with Gasteiger partial charge in [-0.25, -0.2) is 0 Å². The molecule has 1 atom stereocenters. The van der Waals surface area contributed by atoms with Crippen LogP contribution in [-0.2, 0) is 9.47 Å². The molecule has 0 radical (unpaired) electrons. The molecule has 0 bridgehead atoms. The molecule has 1 N–H and O–H groups in total. The minimum atomic E-state index is 0.277. The van der Waals surface area contributed by atoms with Gasteiger partial charge in [-0.3, -0.25) is 0 Å². The van der Waals surface area contributed by atoms with Crippen LogP contribution in [0.1, 0.15) is 33.6 Å². The quantitative estimate of drug-likeness (QED) is 0.644. The molecule has 0 saturated heterocycles. The zero-order valence-electron chi connectivity index (χ0n) is 9.22. The molecule has 14 heavy (non-hydrogen) atoms. The van der Waals surface area contributed by atoms with Gasteiger partial charge in [0.05, 0.1) is 0 Å². The minimum absolute atomic E-state index is 0.277. The summed E-state index contributed by atoms with van der Waals surface area (Å²) in [5.74, 6) is 1.89. The van der Waals surface area contributed by atoms with Crippen molar-refractivity contribution in [1.82, 2.24) is 5.32 Å². The molecule has 2 heterocycles. The summed E-state index contributed by atoms with van der Waals surface area (Å²) in [6, 6.07) is 0.489. The second-order valence-electron chi connectivity index (χ2n) is 5.05. The molecular formula is C11H19NO2. The van der Waals surface area contributed by atoms with Crippen LogP contribution in [0.4, 0.5) is 0 Å². The fourth-order valence-corrected chi connectivity index (χ4v) is 1.92. The van der Waals surface area contributed by atoms with Crippen molar-refractivity contribution in [2.45, 2.75) is 39.7 Å². The van der Waals surface area contributed by atoms with E-state index in [9.17, 15) is 0 Å². The maximum absolute atomic E-state index is 5.55. The normalized spacial score (nSPS) is 27.2. The third-order valence-corrected chi connectivity index (χ3v) is 2.87. The number of hydrogen-bond donors (Lipinski definition) is 1. The van der Waals surface area contributed by atoms with E-state index in [1.54, 1.807) is 0 Å². The third-order valence-electron chi connectivity index (χ3n) is 2.87. The molecule has 0 aliphatic carbocycles.